The molecule has 0 aliphatic carbocycles. The first kappa shape index (κ1) is 22.4. The van der Waals surface area contributed by atoms with Gasteiger partial charge in [-0.15, -0.1) is 0 Å². The number of methoxy groups -OCH3 is 1. The maximum atomic E-state index is 12.1. The average molecular weight is 413 g/mol. The predicted octanol–water partition coefficient (Wildman–Crippen LogP) is 2.36. The number of nitrogens with zero attached hydrogens (tertiary/aromatic N) is 1. The smallest absolute Gasteiger partial charge is 0.344 e. The van der Waals surface area contributed by atoms with Gasteiger partial charge in [-0.2, -0.15) is 5.10 Å². The Hall–Kier alpha value is -3.88. The molecule has 30 heavy (non-hydrogen) atoms. The molecule has 0 bridgehead atoms. The monoisotopic (exact) mass is 413 g/mol. The van der Waals surface area contributed by atoms with Crippen molar-refractivity contribution in [3.63, 3.8) is 0 Å². The SMILES string of the molecule is CCOC(=O)COc1ccc(/C=N\NC(=O)c2ccc(NC(C)=O)cc2)cc1OC. The number of hydrogen-bond donors (Lipinski definition) is 2. The molecule has 0 saturated heterocycles. The molecule has 0 aromatic heterocycles. The van der Waals surface area contributed by atoms with E-state index >= 15 is 0 Å². The third kappa shape index (κ3) is 6.93. The van der Waals surface area contributed by atoms with Crippen molar-refractivity contribution in [1.82, 2.24) is 5.43 Å². The molecule has 9 nitrogen and oxygen atoms in total. The van der Waals surface area contributed by atoms with Crippen molar-refractivity contribution in [2.24, 2.45) is 5.10 Å². The summed E-state index contributed by atoms with van der Waals surface area (Å²) in [6, 6.07) is 11.4. The number of carbonyl (C=O) groups is 3. The van der Waals surface area contributed by atoms with Crippen LogP contribution in [0.3, 0.4) is 0 Å². The number of anilines is 1. The van der Waals surface area contributed by atoms with E-state index in [9.17, 15) is 14.4 Å². The minimum Gasteiger partial charge on any atom is -0.493 e. The van der Waals surface area contributed by atoms with Crippen LogP contribution in [0.4, 0.5) is 5.69 Å². The maximum absolute atomic E-state index is 12.1. The van der Waals surface area contributed by atoms with Crippen molar-refractivity contribution in [3.8, 4) is 11.5 Å². The molecule has 0 heterocycles. The topological polar surface area (TPSA) is 115 Å². The zero-order valence-corrected chi connectivity index (χ0v) is 16.9. The lowest BCUT2D eigenvalue weighted by atomic mass is 10.2. The van der Waals surface area contributed by atoms with Crippen LogP contribution in [0.25, 0.3) is 0 Å². The Morgan fingerprint density at radius 3 is 2.43 bits per heavy atom. The number of hydrazone groups is 1. The molecule has 2 N–H and O–H groups in total. The summed E-state index contributed by atoms with van der Waals surface area (Å²) in [7, 11) is 1.47. The van der Waals surface area contributed by atoms with Gasteiger partial charge in [0.2, 0.25) is 5.91 Å². The molecule has 0 spiro atoms. The second-order valence-corrected chi connectivity index (χ2v) is 5.96. The number of nitrogens with one attached hydrogen (secondary N) is 2. The first-order valence-corrected chi connectivity index (χ1v) is 9.10. The third-order valence-electron chi connectivity index (χ3n) is 3.69. The summed E-state index contributed by atoms with van der Waals surface area (Å²) in [6.07, 6.45) is 1.45. The quantitative estimate of drug-likeness (QED) is 0.370. The van der Waals surface area contributed by atoms with Gasteiger partial charge in [0.15, 0.2) is 18.1 Å². The molecule has 0 fully saturated rings. The lowest BCUT2D eigenvalue weighted by Gasteiger charge is -2.10. The molecule has 0 saturated carbocycles. The Morgan fingerprint density at radius 2 is 1.80 bits per heavy atom. The Labute approximate surface area is 174 Å². The number of hydrogen-bond acceptors (Lipinski definition) is 7. The lowest BCUT2D eigenvalue weighted by molar-refractivity contribution is -0.145. The van der Waals surface area contributed by atoms with E-state index in [4.69, 9.17) is 14.2 Å². The van der Waals surface area contributed by atoms with Gasteiger partial charge in [0, 0.05) is 18.2 Å². The molecule has 2 amide bonds. The number of carbonyl (C=O) groups excluding carboxylic acids is 3. The molecule has 2 rings (SSSR count). The molecule has 2 aromatic carbocycles. The molecule has 2 aromatic rings. The van der Waals surface area contributed by atoms with Crippen molar-refractivity contribution < 1.29 is 28.6 Å². The van der Waals surface area contributed by atoms with Gasteiger partial charge in [0.1, 0.15) is 0 Å². The van der Waals surface area contributed by atoms with Crippen LogP contribution in [-0.4, -0.2) is 44.3 Å². The zero-order chi connectivity index (χ0) is 21.9. The van der Waals surface area contributed by atoms with Crippen LogP contribution in [-0.2, 0) is 14.3 Å². The zero-order valence-electron chi connectivity index (χ0n) is 16.9. The summed E-state index contributed by atoms with van der Waals surface area (Å²) in [5.41, 5.74) is 4.06. The first-order chi connectivity index (χ1) is 14.4. The van der Waals surface area contributed by atoms with Gasteiger partial charge in [-0.25, -0.2) is 10.2 Å². The van der Waals surface area contributed by atoms with E-state index in [-0.39, 0.29) is 19.1 Å². The van der Waals surface area contributed by atoms with Gasteiger partial charge in [0.25, 0.3) is 5.91 Å². The standard InChI is InChI=1S/C21H23N3O6/c1-4-29-20(26)13-30-18-10-5-15(11-19(18)28-3)12-22-24-21(27)16-6-8-17(9-7-16)23-14(2)25/h5-12H,4,13H2,1-3H3,(H,23,25)(H,24,27)/b22-12-. The summed E-state index contributed by atoms with van der Waals surface area (Å²) in [6.45, 7) is 3.17. The van der Waals surface area contributed by atoms with Gasteiger partial charge in [-0.05, 0) is 55.0 Å². The van der Waals surface area contributed by atoms with E-state index in [1.54, 1.807) is 49.4 Å². The van der Waals surface area contributed by atoms with Gasteiger partial charge < -0.3 is 19.5 Å². The van der Waals surface area contributed by atoms with Crippen LogP contribution in [0.2, 0.25) is 0 Å². The van der Waals surface area contributed by atoms with Crippen molar-refractivity contribution >= 4 is 29.7 Å². The number of benzene rings is 2. The molecule has 0 aliphatic heterocycles. The van der Waals surface area contributed by atoms with Crippen molar-refractivity contribution in [3.05, 3.63) is 53.6 Å². The lowest BCUT2D eigenvalue weighted by Crippen LogP contribution is -2.17. The van der Waals surface area contributed by atoms with Gasteiger partial charge >= 0.3 is 5.97 Å². The Balaban J connectivity index is 1.95. The second-order valence-electron chi connectivity index (χ2n) is 5.96. The Morgan fingerprint density at radius 1 is 1.07 bits per heavy atom. The normalized spacial score (nSPS) is 10.4. The first-order valence-electron chi connectivity index (χ1n) is 9.10. The number of esters is 1. The third-order valence-corrected chi connectivity index (χ3v) is 3.69. The largest absolute Gasteiger partial charge is 0.493 e. The molecule has 9 heteroatoms. The van der Waals surface area contributed by atoms with Gasteiger partial charge in [0.05, 0.1) is 19.9 Å². The van der Waals surface area contributed by atoms with Crippen LogP contribution in [0, 0.1) is 0 Å². The molecule has 0 unspecified atom stereocenters. The Bertz CT molecular complexity index is 925. The van der Waals surface area contributed by atoms with Crippen LogP contribution in [0.1, 0.15) is 29.8 Å². The van der Waals surface area contributed by atoms with Crippen molar-refractivity contribution in [2.75, 3.05) is 25.6 Å². The Kier molecular flexibility index (Phi) is 8.37. The number of amides is 2. The summed E-state index contributed by atoms with van der Waals surface area (Å²) in [5.74, 6) is -0.279. The number of ether oxygens (including phenoxy) is 3. The summed E-state index contributed by atoms with van der Waals surface area (Å²) in [5, 5.41) is 6.55. The summed E-state index contributed by atoms with van der Waals surface area (Å²) >= 11 is 0. The molecular formula is C21H23N3O6. The average Bonchev–Trinajstić information content (AvgIpc) is 2.72. The minimum atomic E-state index is -0.474. The van der Waals surface area contributed by atoms with Crippen molar-refractivity contribution in [2.45, 2.75) is 13.8 Å². The number of rotatable bonds is 9. The molecule has 0 radical (unpaired) electrons. The molecule has 158 valence electrons. The fourth-order valence-electron chi connectivity index (χ4n) is 2.36. The van der Waals surface area contributed by atoms with Gasteiger partial charge in [-0.1, -0.05) is 0 Å². The maximum Gasteiger partial charge on any atom is 0.344 e. The van der Waals surface area contributed by atoms with Crippen LogP contribution in [0.5, 0.6) is 11.5 Å². The van der Waals surface area contributed by atoms with Crippen LogP contribution >= 0.6 is 0 Å². The van der Waals surface area contributed by atoms with Gasteiger partial charge in [-0.3, -0.25) is 9.59 Å². The summed E-state index contributed by atoms with van der Waals surface area (Å²) in [4.78, 5) is 34.6. The van der Waals surface area contributed by atoms with E-state index in [1.807, 2.05) is 0 Å². The van der Waals surface area contributed by atoms with Crippen molar-refractivity contribution in [1.29, 1.82) is 0 Å². The summed E-state index contributed by atoms with van der Waals surface area (Å²) < 4.78 is 15.5. The van der Waals surface area contributed by atoms with E-state index in [0.717, 1.165) is 0 Å². The molecule has 0 aliphatic rings. The highest BCUT2D eigenvalue weighted by atomic mass is 16.6. The van der Waals surface area contributed by atoms with E-state index < -0.39 is 11.9 Å². The fraction of sp³-hybridized carbons (Fsp3) is 0.238. The van der Waals surface area contributed by atoms with E-state index in [2.05, 4.69) is 15.8 Å². The van der Waals surface area contributed by atoms with E-state index in [1.165, 1.54) is 20.2 Å². The predicted molar refractivity (Wildman–Crippen MR) is 111 cm³/mol. The highest BCUT2D eigenvalue weighted by Gasteiger charge is 2.09. The minimum absolute atomic E-state index is 0.190. The molecule has 0 atom stereocenters. The van der Waals surface area contributed by atoms with E-state index in [0.29, 0.717) is 28.3 Å². The molecular weight excluding hydrogens is 390 g/mol. The highest BCUT2D eigenvalue weighted by molar-refractivity contribution is 5.96. The van der Waals surface area contributed by atoms with Crippen LogP contribution < -0.4 is 20.2 Å². The fourth-order valence-corrected chi connectivity index (χ4v) is 2.36. The van der Waals surface area contributed by atoms with Crippen LogP contribution in [0.15, 0.2) is 47.6 Å². The second kappa shape index (κ2) is 11.2. The highest BCUT2D eigenvalue weighted by Crippen LogP contribution is 2.27.